The Labute approximate surface area is 119 Å². The first-order chi connectivity index (χ1) is 9.49. The van der Waals surface area contributed by atoms with Gasteiger partial charge in [-0.05, 0) is 36.2 Å². The number of nitrogens with one attached hydrogen (secondary N) is 1. The Morgan fingerprint density at radius 1 is 1.05 bits per heavy atom. The minimum absolute atomic E-state index is 0.157. The highest BCUT2D eigenvalue weighted by Crippen LogP contribution is 2.28. The van der Waals surface area contributed by atoms with Gasteiger partial charge in [0.15, 0.2) is 0 Å². The standard InChI is InChI=1S/C14H12ClF3N2/c15-9-8-10-4-6-11(7-5-10)19-13-3-1-2-12(20-13)14(16,17)18/h1-7H,8-9H2,(H,19,20). The molecule has 1 aromatic carbocycles. The maximum absolute atomic E-state index is 12.5. The molecule has 106 valence electrons. The van der Waals surface area contributed by atoms with E-state index in [-0.39, 0.29) is 5.82 Å². The summed E-state index contributed by atoms with van der Waals surface area (Å²) in [5.41, 5.74) is 0.832. The van der Waals surface area contributed by atoms with Gasteiger partial charge in [0, 0.05) is 11.6 Å². The summed E-state index contributed by atoms with van der Waals surface area (Å²) in [7, 11) is 0. The van der Waals surface area contributed by atoms with Gasteiger partial charge in [-0.25, -0.2) is 4.98 Å². The van der Waals surface area contributed by atoms with Crippen LogP contribution in [0.15, 0.2) is 42.5 Å². The Bertz CT molecular complexity index is 567. The molecule has 0 aliphatic carbocycles. The van der Waals surface area contributed by atoms with E-state index in [4.69, 9.17) is 11.6 Å². The Kier molecular flexibility index (Phi) is 4.49. The molecule has 0 spiro atoms. The third-order valence-electron chi connectivity index (χ3n) is 2.65. The van der Waals surface area contributed by atoms with Gasteiger partial charge in [-0.2, -0.15) is 13.2 Å². The second-order valence-corrected chi connectivity index (χ2v) is 4.54. The third kappa shape index (κ3) is 3.87. The molecule has 0 unspecified atom stereocenters. The van der Waals surface area contributed by atoms with E-state index in [1.807, 2.05) is 12.1 Å². The molecular weight excluding hydrogens is 289 g/mol. The zero-order valence-electron chi connectivity index (χ0n) is 10.4. The molecule has 2 rings (SSSR count). The maximum atomic E-state index is 12.5. The fraction of sp³-hybridized carbons (Fsp3) is 0.214. The van der Waals surface area contributed by atoms with Crippen molar-refractivity contribution in [3.05, 3.63) is 53.7 Å². The Balaban J connectivity index is 2.13. The number of alkyl halides is 4. The van der Waals surface area contributed by atoms with E-state index in [1.165, 1.54) is 12.1 Å². The lowest BCUT2D eigenvalue weighted by molar-refractivity contribution is -0.141. The molecule has 0 aliphatic rings. The van der Waals surface area contributed by atoms with Crippen LogP contribution in [0, 0.1) is 0 Å². The summed E-state index contributed by atoms with van der Waals surface area (Å²) in [6, 6.07) is 11.1. The van der Waals surface area contributed by atoms with Crippen molar-refractivity contribution in [3.8, 4) is 0 Å². The molecule has 1 N–H and O–H groups in total. The number of rotatable bonds is 4. The van der Waals surface area contributed by atoms with Gasteiger partial charge in [0.05, 0.1) is 0 Å². The third-order valence-corrected chi connectivity index (χ3v) is 2.84. The zero-order chi connectivity index (χ0) is 14.6. The summed E-state index contributed by atoms with van der Waals surface area (Å²) in [5, 5.41) is 2.84. The highest BCUT2D eigenvalue weighted by atomic mass is 35.5. The van der Waals surface area contributed by atoms with E-state index in [1.54, 1.807) is 12.1 Å². The van der Waals surface area contributed by atoms with Gasteiger partial charge in [0.2, 0.25) is 0 Å². The lowest BCUT2D eigenvalue weighted by Gasteiger charge is -2.10. The van der Waals surface area contributed by atoms with Crippen molar-refractivity contribution in [2.75, 3.05) is 11.2 Å². The van der Waals surface area contributed by atoms with Crippen LogP contribution < -0.4 is 5.32 Å². The second-order valence-electron chi connectivity index (χ2n) is 4.17. The Hall–Kier alpha value is -1.75. The molecule has 0 atom stereocenters. The number of aromatic nitrogens is 1. The fourth-order valence-corrected chi connectivity index (χ4v) is 1.89. The number of halogens is 4. The van der Waals surface area contributed by atoms with Crippen molar-refractivity contribution < 1.29 is 13.2 Å². The Morgan fingerprint density at radius 3 is 2.35 bits per heavy atom. The smallest absolute Gasteiger partial charge is 0.340 e. The van der Waals surface area contributed by atoms with Crippen molar-refractivity contribution >= 4 is 23.1 Å². The molecule has 0 aliphatic heterocycles. The summed E-state index contributed by atoms with van der Waals surface area (Å²) in [4.78, 5) is 3.54. The first kappa shape index (κ1) is 14.7. The highest BCUT2D eigenvalue weighted by Gasteiger charge is 2.32. The summed E-state index contributed by atoms with van der Waals surface area (Å²) in [6.45, 7) is 0. The quantitative estimate of drug-likeness (QED) is 0.833. The van der Waals surface area contributed by atoms with Crippen molar-refractivity contribution in [1.82, 2.24) is 4.98 Å². The van der Waals surface area contributed by atoms with Gasteiger partial charge in [-0.3, -0.25) is 0 Å². The van der Waals surface area contributed by atoms with Gasteiger partial charge >= 0.3 is 6.18 Å². The molecule has 1 aromatic heterocycles. The van der Waals surface area contributed by atoms with E-state index >= 15 is 0 Å². The lowest BCUT2D eigenvalue weighted by Crippen LogP contribution is -2.08. The van der Waals surface area contributed by atoms with Crippen LogP contribution in [0.3, 0.4) is 0 Å². The van der Waals surface area contributed by atoms with Crippen LogP contribution in [0.1, 0.15) is 11.3 Å². The maximum Gasteiger partial charge on any atom is 0.433 e. The molecule has 0 amide bonds. The van der Waals surface area contributed by atoms with Crippen LogP contribution >= 0.6 is 11.6 Å². The SMILES string of the molecule is FC(F)(F)c1cccc(Nc2ccc(CCCl)cc2)n1. The number of benzene rings is 1. The molecule has 0 bridgehead atoms. The monoisotopic (exact) mass is 300 g/mol. The van der Waals surface area contributed by atoms with E-state index in [9.17, 15) is 13.2 Å². The molecule has 6 heteroatoms. The fourth-order valence-electron chi connectivity index (χ4n) is 1.67. The first-order valence-corrected chi connectivity index (χ1v) is 6.48. The van der Waals surface area contributed by atoms with Crippen LogP contribution in [0.4, 0.5) is 24.7 Å². The van der Waals surface area contributed by atoms with Crippen molar-refractivity contribution in [3.63, 3.8) is 0 Å². The Morgan fingerprint density at radius 2 is 1.75 bits per heavy atom. The van der Waals surface area contributed by atoms with E-state index in [2.05, 4.69) is 10.3 Å². The largest absolute Gasteiger partial charge is 0.433 e. The summed E-state index contributed by atoms with van der Waals surface area (Å²) < 4.78 is 37.6. The molecule has 0 saturated heterocycles. The molecule has 0 saturated carbocycles. The highest BCUT2D eigenvalue weighted by molar-refractivity contribution is 6.17. The minimum atomic E-state index is -4.44. The molecule has 0 fully saturated rings. The summed E-state index contributed by atoms with van der Waals surface area (Å²) in [6.07, 6.45) is -3.69. The number of hydrogen-bond donors (Lipinski definition) is 1. The molecular formula is C14H12ClF3N2. The molecule has 0 radical (unpaired) electrons. The van der Waals surface area contributed by atoms with Crippen LogP contribution in [0.5, 0.6) is 0 Å². The number of hydrogen-bond acceptors (Lipinski definition) is 2. The topological polar surface area (TPSA) is 24.9 Å². The van der Waals surface area contributed by atoms with Gasteiger partial charge in [-0.1, -0.05) is 18.2 Å². The second kappa shape index (κ2) is 6.13. The average molecular weight is 301 g/mol. The number of pyridine rings is 1. The van der Waals surface area contributed by atoms with Crippen molar-refractivity contribution in [2.45, 2.75) is 12.6 Å². The normalized spacial score (nSPS) is 11.4. The van der Waals surface area contributed by atoms with E-state index in [0.29, 0.717) is 11.6 Å². The van der Waals surface area contributed by atoms with E-state index in [0.717, 1.165) is 18.1 Å². The minimum Gasteiger partial charge on any atom is -0.340 e. The predicted octanol–water partition coefficient (Wildman–Crippen LogP) is 4.63. The lowest BCUT2D eigenvalue weighted by atomic mass is 10.1. The van der Waals surface area contributed by atoms with Crippen molar-refractivity contribution in [1.29, 1.82) is 0 Å². The molecule has 20 heavy (non-hydrogen) atoms. The van der Waals surface area contributed by atoms with Crippen LogP contribution in [-0.2, 0) is 12.6 Å². The van der Waals surface area contributed by atoms with Gasteiger partial charge in [0.25, 0.3) is 0 Å². The molecule has 1 heterocycles. The average Bonchev–Trinajstić information content (AvgIpc) is 2.41. The van der Waals surface area contributed by atoms with Gasteiger partial charge < -0.3 is 5.32 Å². The molecule has 2 aromatic rings. The van der Waals surface area contributed by atoms with Crippen LogP contribution in [0.2, 0.25) is 0 Å². The number of anilines is 2. The zero-order valence-corrected chi connectivity index (χ0v) is 11.2. The summed E-state index contributed by atoms with van der Waals surface area (Å²) >= 11 is 5.63. The van der Waals surface area contributed by atoms with Crippen LogP contribution in [-0.4, -0.2) is 10.9 Å². The number of nitrogens with zero attached hydrogens (tertiary/aromatic N) is 1. The van der Waals surface area contributed by atoms with Crippen LogP contribution in [0.25, 0.3) is 0 Å². The summed E-state index contributed by atoms with van der Waals surface area (Å²) in [5.74, 6) is 0.687. The van der Waals surface area contributed by atoms with E-state index < -0.39 is 11.9 Å². The molecule has 2 nitrogen and oxygen atoms in total. The van der Waals surface area contributed by atoms with Gasteiger partial charge in [-0.15, -0.1) is 11.6 Å². The predicted molar refractivity (Wildman–Crippen MR) is 73.4 cm³/mol. The first-order valence-electron chi connectivity index (χ1n) is 5.95. The van der Waals surface area contributed by atoms with Crippen molar-refractivity contribution in [2.24, 2.45) is 0 Å². The van der Waals surface area contributed by atoms with Gasteiger partial charge in [0.1, 0.15) is 11.5 Å². The number of aryl methyl sites for hydroxylation is 1.